The van der Waals surface area contributed by atoms with E-state index in [2.05, 4.69) is 44.9 Å². The van der Waals surface area contributed by atoms with Crippen molar-refractivity contribution in [3.05, 3.63) is 33.4 Å². The molecule has 104 valence electrons. The van der Waals surface area contributed by atoms with Crippen LogP contribution in [0.3, 0.4) is 0 Å². The summed E-state index contributed by atoms with van der Waals surface area (Å²) < 4.78 is 1.20. The number of benzene rings is 1. The molecule has 1 N–H and O–H groups in total. The summed E-state index contributed by atoms with van der Waals surface area (Å²) >= 11 is 2.28. The highest BCUT2D eigenvalue weighted by molar-refractivity contribution is 14.1. The van der Waals surface area contributed by atoms with Gasteiger partial charge in [-0.3, -0.25) is 9.69 Å². The van der Waals surface area contributed by atoms with Crippen LogP contribution in [0, 0.1) is 3.57 Å². The van der Waals surface area contributed by atoms with Gasteiger partial charge in [-0.1, -0.05) is 12.1 Å². The highest BCUT2D eigenvalue weighted by Crippen LogP contribution is 2.19. The normalized spacial score (nSPS) is 17.4. The first-order valence-electron chi connectivity index (χ1n) is 6.73. The van der Waals surface area contributed by atoms with Crippen LogP contribution in [0.1, 0.15) is 19.4 Å². The van der Waals surface area contributed by atoms with Crippen LogP contribution in [0.2, 0.25) is 0 Å². The summed E-state index contributed by atoms with van der Waals surface area (Å²) in [6.07, 6.45) is 0.522. The first-order chi connectivity index (χ1) is 9.00. The molecule has 0 radical (unpaired) electrons. The van der Waals surface area contributed by atoms with Crippen molar-refractivity contribution >= 4 is 28.4 Å². The van der Waals surface area contributed by atoms with Crippen LogP contribution in [0.4, 0.5) is 0 Å². The maximum Gasteiger partial charge on any atom is 0.156 e. The quantitative estimate of drug-likeness (QED) is 0.822. The largest absolute Gasteiger partial charge is 0.314 e. The van der Waals surface area contributed by atoms with Gasteiger partial charge in [0.15, 0.2) is 5.78 Å². The van der Waals surface area contributed by atoms with Crippen LogP contribution in [-0.2, 0) is 11.2 Å². The molecule has 0 aromatic heterocycles. The summed E-state index contributed by atoms with van der Waals surface area (Å²) in [6, 6.07) is 8.21. The number of hydrogen-bond donors (Lipinski definition) is 1. The van der Waals surface area contributed by atoms with E-state index >= 15 is 0 Å². The molecule has 0 saturated carbocycles. The van der Waals surface area contributed by atoms with E-state index in [1.807, 2.05) is 26.0 Å². The number of rotatable bonds is 4. The van der Waals surface area contributed by atoms with Crippen molar-refractivity contribution in [3.63, 3.8) is 0 Å². The lowest BCUT2D eigenvalue weighted by Crippen LogP contribution is -2.57. The van der Waals surface area contributed by atoms with Gasteiger partial charge in [0.25, 0.3) is 0 Å². The number of carbonyl (C=O) groups excluding carboxylic acids is 1. The second-order valence-electron chi connectivity index (χ2n) is 5.52. The zero-order valence-electron chi connectivity index (χ0n) is 11.6. The Balaban J connectivity index is 2.03. The lowest BCUT2D eigenvalue weighted by Gasteiger charge is -2.40. The van der Waals surface area contributed by atoms with Crippen LogP contribution in [0.5, 0.6) is 0 Å². The number of ketones is 1. The van der Waals surface area contributed by atoms with Crippen LogP contribution in [-0.4, -0.2) is 42.4 Å². The van der Waals surface area contributed by atoms with Crippen LogP contribution >= 0.6 is 22.6 Å². The van der Waals surface area contributed by atoms with Gasteiger partial charge in [-0.15, -0.1) is 0 Å². The molecule has 1 aliphatic heterocycles. The molecule has 3 nitrogen and oxygen atoms in total. The van der Waals surface area contributed by atoms with E-state index in [1.165, 1.54) is 3.57 Å². The average molecular weight is 372 g/mol. The third-order valence-corrected chi connectivity index (χ3v) is 4.59. The molecular weight excluding hydrogens is 351 g/mol. The number of Topliss-reactive ketones (excluding diaryl/α,β-unsaturated/α-hetero) is 1. The van der Waals surface area contributed by atoms with Gasteiger partial charge in [-0.05, 0) is 54.1 Å². The summed E-state index contributed by atoms with van der Waals surface area (Å²) in [5.74, 6) is 0.301. The Bertz CT molecular complexity index is 436. The van der Waals surface area contributed by atoms with Gasteiger partial charge in [-0.2, -0.15) is 0 Å². The van der Waals surface area contributed by atoms with E-state index in [0.29, 0.717) is 12.2 Å². The second kappa shape index (κ2) is 6.33. The molecular formula is C15H21IN2O. The van der Waals surface area contributed by atoms with E-state index in [1.54, 1.807) is 0 Å². The van der Waals surface area contributed by atoms with Crippen molar-refractivity contribution in [1.82, 2.24) is 10.2 Å². The summed E-state index contributed by atoms with van der Waals surface area (Å²) in [7, 11) is 0. The molecule has 0 spiro atoms. The lowest BCUT2D eigenvalue weighted by atomic mass is 9.91. The predicted molar refractivity (Wildman–Crippen MR) is 86.4 cm³/mol. The van der Waals surface area contributed by atoms with Gasteiger partial charge in [0.05, 0.1) is 5.54 Å². The maximum atomic E-state index is 12.6. The summed E-state index contributed by atoms with van der Waals surface area (Å²) in [5.41, 5.74) is 0.735. The highest BCUT2D eigenvalue weighted by Gasteiger charge is 2.34. The average Bonchev–Trinajstić information content (AvgIpc) is 2.42. The molecule has 1 aromatic carbocycles. The Morgan fingerprint density at radius 2 is 1.84 bits per heavy atom. The van der Waals surface area contributed by atoms with Crippen LogP contribution < -0.4 is 5.32 Å². The zero-order valence-corrected chi connectivity index (χ0v) is 13.7. The van der Waals surface area contributed by atoms with Gasteiger partial charge < -0.3 is 5.32 Å². The van der Waals surface area contributed by atoms with Gasteiger partial charge in [0, 0.05) is 36.2 Å². The SMILES string of the molecule is CC(C)(C(=O)Cc1ccc(I)cc1)N1CCNCC1. The van der Waals surface area contributed by atoms with E-state index in [0.717, 1.165) is 31.7 Å². The first-order valence-corrected chi connectivity index (χ1v) is 7.81. The predicted octanol–water partition coefficient (Wildman–Crippen LogP) is 2.09. The molecule has 19 heavy (non-hydrogen) atoms. The monoisotopic (exact) mass is 372 g/mol. The molecule has 1 fully saturated rings. The maximum absolute atomic E-state index is 12.6. The van der Waals surface area contributed by atoms with Crippen molar-refractivity contribution in [2.24, 2.45) is 0 Å². The first kappa shape index (κ1) is 14.9. The lowest BCUT2D eigenvalue weighted by molar-refractivity contribution is -0.129. The van der Waals surface area contributed by atoms with Crippen molar-refractivity contribution in [1.29, 1.82) is 0 Å². The standard InChI is InChI=1S/C15H21IN2O/c1-15(2,18-9-7-17-8-10-18)14(19)11-12-3-5-13(16)6-4-12/h3-6,17H,7-11H2,1-2H3. The number of carbonyl (C=O) groups is 1. The molecule has 0 unspecified atom stereocenters. The second-order valence-corrected chi connectivity index (χ2v) is 6.77. The summed E-state index contributed by atoms with van der Waals surface area (Å²) in [5, 5.41) is 3.33. The summed E-state index contributed by atoms with van der Waals surface area (Å²) in [4.78, 5) is 14.8. The number of hydrogen-bond acceptors (Lipinski definition) is 3. The molecule has 4 heteroatoms. The Kier molecular flexibility index (Phi) is 4.97. The topological polar surface area (TPSA) is 32.3 Å². The van der Waals surface area contributed by atoms with Gasteiger partial charge in [0.2, 0.25) is 0 Å². The molecule has 2 rings (SSSR count). The Labute approximate surface area is 128 Å². The molecule has 1 aliphatic rings. The number of halogens is 1. The molecule has 1 heterocycles. The Morgan fingerprint density at radius 1 is 1.26 bits per heavy atom. The third kappa shape index (κ3) is 3.77. The van der Waals surface area contributed by atoms with Crippen LogP contribution in [0.25, 0.3) is 0 Å². The fourth-order valence-electron chi connectivity index (χ4n) is 2.40. The molecule has 0 atom stereocenters. The zero-order chi connectivity index (χ0) is 13.9. The van der Waals surface area contributed by atoms with E-state index in [-0.39, 0.29) is 5.54 Å². The van der Waals surface area contributed by atoms with Gasteiger partial charge >= 0.3 is 0 Å². The van der Waals surface area contributed by atoms with Gasteiger partial charge in [-0.25, -0.2) is 0 Å². The fourth-order valence-corrected chi connectivity index (χ4v) is 2.76. The van der Waals surface area contributed by atoms with Crippen molar-refractivity contribution in [2.45, 2.75) is 25.8 Å². The van der Waals surface area contributed by atoms with Gasteiger partial charge in [0.1, 0.15) is 0 Å². The van der Waals surface area contributed by atoms with Crippen molar-refractivity contribution in [3.8, 4) is 0 Å². The molecule has 0 amide bonds. The fraction of sp³-hybridized carbons (Fsp3) is 0.533. The van der Waals surface area contributed by atoms with E-state index < -0.39 is 0 Å². The minimum absolute atomic E-state index is 0.301. The molecule has 1 aromatic rings. The van der Waals surface area contributed by atoms with E-state index in [4.69, 9.17) is 0 Å². The van der Waals surface area contributed by atoms with E-state index in [9.17, 15) is 4.79 Å². The minimum Gasteiger partial charge on any atom is -0.314 e. The van der Waals surface area contributed by atoms with Crippen molar-refractivity contribution in [2.75, 3.05) is 26.2 Å². The number of piperazine rings is 1. The number of nitrogens with one attached hydrogen (secondary N) is 1. The highest BCUT2D eigenvalue weighted by atomic mass is 127. The molecule has 1 saturated heterocycles. The minimum atomic E-state index is -0.370. The molecule has 0 bridgehead atoms. The van der Waals surface area contributed by atoms with Crippen LogP contribution in [0.15, 0.2) is 24.3 Å². The van der Waals surface area contributed by atoms with Crippen molar-refractivity contribution < 1.29 is 4.79 Å². The Morgan fingerprint density at radius 3 is 2.42 bits per heavy atom. The summed E-state index contributed by atoms with van der Waals surface area (Å²) in [6.45, 7) is 7.94. The smallest absolute Gasteiger partial charge is 0.156 e. The molecule has 0 aliphatic carbocycles. The Hall–Kier alpha value is -0.460. The number of nitrogens with zero attached hydrogens (tertiary/aromatic N) is 1. The third-order valence-electron chi connectivity index (χ3n) is 3.87.